The zero-order valence-electron chi connectivity index (χ0n) is 10.2. The Hall–Kier alpha value is -0.910. The molecular formula is C11H21N3O2. The van der Waals surface area contributed by atoms with Gasteiger partial charge in [-0.2, -0.15) is 5.10 Å². The summed E-state index contributed by atoms with van der Waals surface area (Å²) in [7, 11) is 1.86. The highest BCUT2D eigenvalue weighted by atomic mass is 16.5. The lowest BCUT2D eigenvalue weighted by atomic mass is 10.1. The van der Waals surface area contributed by atoms with Crippen molar-refractivity contribution in [2.45, 2.75) is 25.9 Å². The first-order chi connectivity index (χ1) is 7.67. The highest BCUT2D eigenvalue weighted by Gasteiger charge is 2.14. The maximum atomic E-state index is 9.32. The van der Waals surface area contributed by atoms with Crippen LogP contribution in [0.4, 0.5) is 0 Å². The molecule has 1 aromatic rings. The minimum atomic E-state index is -0.0795. The lowest BCUT2D eigenvalue weighted by molar-refractivity contribution is 0.117. The van der Waals surface area contributed by atoms with Crippen LogP contribution in [0.1, 0.15) is 25.5 Å². The fourth-order valence-corrected chi connectivity index (χ4v) is 1.56. The second kappa shape index (κ2) is 6.62. The van der Waals surface area contributed by atoms with Crippen LogP contribution in [0.5, 0.6) is 0 Å². The number of aryl methyl sites for hydroxylation is 1. The summed E-state index contributed by atoms with van der Waals surface area (Å²) in [5, 5.41) is 16.7. The van der Waals surface area contributed by atoms with Gasteiger partial charge in [0.1, 0.15) is 0 Å². The molecule has 0 aliphatic carbocycles. The maximum absolute atomic E-state index is 9.32. The van der Waals surface area contributed by atoms with Gasteiger partial charge < -0.3 is 15.2 Å². The molecule has 2 atom stereocenters. The first-order valence-corrected chi connectivity index (χ1v) is 5.60. The van der Waals surface area contributed by atoms with Crippen molar-refractivity contribution in [1.29, 1.82) is 0 Å². The number of ether oxygens (including phenoxy) is 1. The fraction of sp³-hybridized carbons (Fsp3) is 0.727. The summed E-state index contributed by atoms with van der Waals surface area (Å²) < 4.78 is 7.05. The van der Waals surface area contributed by atoms with Crippen LogP contribution >= 0.6 is 0 Å². The van der Waals surface area contributed by atoms with Crippen LogP contribution < -0.4 is 5.32 Å². The van der Waals surface area contributed by atoms with Crippen LogP contribution in [0.2, 0.25) is 0 Å². The van der Waals surface area contributed by atoms with Crippen molar-refractivity contribution in [1.82, 2.24) is 15.1 Å². The molecule has 5 heteroatoms. The summed E-state index contributed by atoms with van der Waals surface area (Å²) in [5.74, 6) is 0. The number of nitrogens with zero attached hydrogens (tertiary/aromatic N) is 2. The van der Waals surface area contributed by atoms with Crippen LogP contribution in [0.25, 0.3) is 0 Å². The Balaban J connectivity index is 2.48. The van der Waals surface area contributed by atoms with E-state index in [9.17, 15) is 5.11 Å². The topological polar surface area (TPSA) is 59.3 Å². The maximum Gasteiger partial charge on any atom is 0.0627 e. The van der Waals surface area contributed by atoms with E-state index in [1.54, 1.807) is 10.9 Å². The first kappa shape index (κ1) is 13.2. The smallest absolute Gasteiger partial charge is 0.0627 e. The summed E-state index contributed by atoms with van der Waals surface area (Å²) in [6, 6.07) is 0.126. The van der Waals surface area contributed by atoms with Crippen LogP contribution in [-0.4, -0.2) is 40.7 Å². The van der Waals surface area contributed by atoms with Crippen molar-refractivity contribution < 1.29 is 9.84 Å². The Morgan fingerprint density at radius 3 is 2.88 bits per heavy atom. The molecule has 0 aliphatic heterocycles. The Bertz CT molecular complexity index is 301. The van der Waals surface area contributed by atoms with Crippen molar-refractivity contribution in [3.63, 3.8) is 0 Å². The largest absolute Gasteiger partial charge is 0.394 e. The molecule has 0 aromatic carbocycles. The number of hydrogen-bond acceptors (Lipinski definition) is 4. The zero-order valence-corrected chi connectivity index (χ0v) is 10.2. The molecule has 0 spiro atoms. The molecule has 16 heavy (non-hydrogen) atoms. The van der Waals surface area contributed by atoms with Crippen molar-refractivity contribution in [2.24, 2.45) is 7.05 Å². The molecular weight excluding hydrogens is 206 g/mol. The quantitative estimate of drug-likeness (QED) is 0.711. The molecule has 0 amide bonds. The van der Waals surface area contributed by atoms with Gasteiger partial charge in [-0.3, -0.25) is 4.68 Å². The Morgan fingerprint density at radius 2 is 2.38 bits per heavy atom. The SMILES string of the molecule is CCOCC(C)NC(CO)c1cnn(C)c1. The summed E-state index contributed by atoms with van der Waals surface area (Å²) >= 11 is 0. The molecule has 2 N–H and O–H groups in total. The molecule has 0 saturated carbocycles. The van der Waals surface area contributed by atoms with E-state index in [4.69, 9.17) is 4.74 Å². The number of hydrogen-bond donors (Lipinski definition) is 2. The van der Waals surface area contributed by atoms with E-state index in [1.165, 1.54) is 0 Å². The Labute approximate surface area is 96.4 Å². The third-order valence-corrected chi connectivity index (χ3v) is 2.37. The summed E-state index contributed by atoms with van der Waals surface area (Å²) in [6.07, 6.45) is 3.67. The van der Waals surface area contributed by atoms with Gasteiger partial charge in [0.25, 0.3) is 0 Å². The van der Waals surface area contributed by atoms with Crippen molar-refractivity contribution >= 4 is 0 Å². The molecule has 0 radical (unpaired) electrons. The van der Waals surface area contributed by atoms with Crippen LogP contribution in [0, 0.1) is 0 Å². The number of aliphatic hydroxyl groups is 1. The number of rotatable bonds is 7. The number of nitrogens with one attached hydrogen (secondary N) is 1. The predicted molar refractivity (Wildman–Crippen MR) is 62.1 cm³/mol. The van der Waals surface area contributed by atoms with E-state index >= 15 is 0 Å². The summed E-state index contributed by atoms with van der Waals surface area (Å²) in [4.78, 5) is 0. The molecule has 1 rings (SSSR count). The molecule has 1 aromatic heterocycles. The molecule has 0 saturated heterocycles. The first-order valence-electron chi connectivity index (χ1n) is 5.60. The average molecular weight is 227 g/mol. The molecule has 0 aliphatic rings. The van der Waals surface area contributed by atoms with Gasteiger partial charge in [0.2, 0.25) is 0 Å². The van der Waals surface area contributed by atoms with Crippen molar-refractivity contribution in [2.75, 3.05) is 19.8 Å². The number of aliphatic hydroxyl groups excluding tert-OH is 1. The van der Waals surface area contributed by atoms with Crippen LogP contribution in [-0.2, 0) is 11.8 Å². The lowest BCUT2D eigenvalue weighted by Crippen LogP contribution is -2.35. The van der Waals surface area contributed by atoms with Gasteiger partial charge in [0.05, 0.1) is 25.5 Å². The zero-order chi connectivity index (χ0) is 12.0. The van der Waals surface area contributed by atoms with Crippen LogP contribution in [0.15, 0.2) is 12.4 Å². The highest BCUT2D eigenvalue weighted by Crippen LogP contribution is 2.11. The molecule has 0 fully saturated rings. The summed E-state index contributed by atoms with van der Waals surface area (Å²) in [5.41, 5.74) is 0.994. The number of aromatic nitrogens is 2. The van der Waals surface area contributed by atoms with Crippen molar-refractivity contribution in [3.05, 3.63) is 18.0 Å². The van der Waals surface area contributed by atoms with Gasteiger partial charge in [-0.15, -0.1) is 0 Å². The second-order valence-corrected chi connectivity index (χ2v) is 3.91. The van der Waals surface area contributed by atoms with Crippen molar-refractivity contribution in [3.8, 4) is 0 Å². The molecule has 5 nitrogen and oxygen atoms in total. The van der Waals surface area contributed by atoms with Gasteiger partial charge >= 0.3 is 0 Å². The van der Waals surface area contributed by atoms with Gasteiger partial charge in [0.15, 0.2) is 0 Å². The highest BCUT2D eigenvalue weighted by molar-refractivity contribution is 5.10. The van der Waals surface area contributed by atoms with E-state index in [0.29, 0.717) is 13.2 Å². The minimum Gasteiger partial charge on any atom is -0.394 e. The van der Waals surface area contributed by atoms with E-state index in [-0.39, 0.29) is 18.7 Å². The predicted octanol–water partition coefficient (Wildman–Crippen LogP) is 0.468. The molecule has 1 heterocycles. The lowest BCUT2D eigenvalue weighted by Gasteiger charge is -2.20. The van der Waals surface area contributed by atoms with Gasteiger partial charge in [0, 0.05) is 31.5 Å². The van der Waals surface area contributed by atoms with Crippen LogP contribution in [0.3, 0.4) is 0 Å². The Kier molecular flexibility index (Phi) is 5.45. The van der Waals surface area contributed by atoms with E-state index in [1.807, 2.05) is 27.1 Å². The molecule has 2 unspecified atom stereocenters. The average Bonchev–Trinajstić information content (AvgIpc) is 2.69. The molecule has 92 valence electrons. The fourth-order valence-electron chi connectivity index (χ4n) is 1.56. The standard InChI is InChI=1S/C11H21N3O2/c1-4-16-8-9(2)13-11(7-15)10-5-12-14(3)6-10/h5-6,9,11,13,15H,4,7-8H2,1-3H3. The monoisotopic (exact) mass is 227 g/mol. The second-order valence-electron chi connectivity index (χ2n) is 3.91. The third kappa shape index (κ3) is 3.92. The van der Waals surface area contributed by atoms with Gasteiger partial charge in [-0.1, -0.05) is 0 Å². The van der Waals surface area contributed by atoms with Gasteiger partial charge in [-0.25, -0.2) is 0 Å². The minimum absolute atomic E-state index is 0.0577. The molecule has 0 bridgehead atoms. The van der Waals surface area contributed by atoms with E-state index in [0.717, 1.165) is 5.56 Å². The van der Waals surface area contributed by atoms with E-state index in [2.05, 4.69) is 10.4 Å². The van der Waals surface area contributed by atoms with E-state index < -0.39 is 0 Å². The van der Waals surface area contributed by atoms with Gasteiger partial charge in [-0.05, 0) is 13.8 Å². The Morgan fingerprint density at radius 1 is 1.62 bits per heavy atom. The summed E-state index contributed by atoms with van der Waals surface area (Å²) in [6.45, 7) is 5.42. The normalized spacial score (nSPS) is 15.0. The third-order valence-electron chi connectivity index (χ3n) is 2.37.